The van der Waals surface area contributed by atoms with Crippen LogP contribution in [0.5, 0.6) is 0 Å². The zero-order chi connectivity index (χ0) is 11.2. The molecule has 1 heterocycles. The van der Waals surface area contributed by atoms with Crippen LogP contribution in [0.15, 0.2) is 24.3 Å². The molecule has 0 aromatic heterocycles. The van der Waals surface area contributed by atoms with Crippen LogP contribution in [-0.4, -0.2) is 32.5 Å². The summed E-state index contributed by atoms with van der Waals surface area (Å²) >= 11 is 0. The van der Waals surface area contributed by atoms with Crippen LogP contribution in [0.1, 0.15) is 11.1 Å². The number of hydrogen-bond donors (Lipinski definition) is 1. The molecule has 1 aromatic rings. The Hall–Kier alpha value is -0.900. The van der Waals surface area contributed by atoms with Crippen LogP contribution in [0.2, 0.25) is 0 Å². The monoisotopic (exact) mass is 221 g/mol. The highest BCUT2D eigenvalue weighted by atomic mass is 16.6. The lowest BCUT2D eigenvalue weighted by atomic mass is 10.1. The van der Waals surface area contributed by atoms with Gasteiger partial charge in [-0.2, -0.15) is 0 Å². The smallest absolute Gasteiger partial charge is 0.0933 e. The Bertz CT molecular complexity index is 321. The zero-order valence-electron chi connectivity index (χ0n) is 9.74. The minimum absolute atomic E-state index is 0.207. The molecule has 0 bridgehead atoms. The summed E-state index contributed by atoms with van der Waals surface area (Å²) in [6.07, 6.45) is 0.207. The second kappa shape index (κ2) is 5.99. The quantitative estimate of drug-likeness (QED) is 0.835. The van der Waals surface area contributed by atoms with E-state index in [-0.39, 0.29) is 6.10 Å². The summed E-state index contributed by atoms with van der Waals surface area (Å²) in [5.41, 5.74) is 2.62. The van der Waals surface area contributed by atoms with Gasteiger partial charge >= 0.3 is 0 Å². The van der Waals surface area contributed by atoms with E-state index in [9.17, 15) is 0 Å². The fraction of sp³-hybridized carbons (Fsp3) is 0.538. The maximum absolute atomic E-state index is 5.55. The van der Waals surface area contributed by atoms with Crippen molar-refractivity contribution >= 4 is 0 Å². The highest BCUT2D eigenvalue weighted by Crippen LogP contribution is 2.04. The Morgan fingerprint density at radius 2 is 2.31 bits per heavy atom. The van der Waals surface area contributed by atoms with Crippen LogP contribution >= 0.6 is 0 Å². The average Bonchev–Trinajstić information content (AvgIpc) is 2.30. The van der Waals surface area contributed by atoms with Crippen LogP contribution in [-0.2, 0) is 16.0 Å². The van der Waals surface area contributed by atoms with Crippen molar-refractivity contribution in [1.29, 1.82) is 0 Å². The maximum Gasteiger partial charge on any atom is 0.0933 e. The standard InChI is InChI=1S/C13H19NO2/c1-11-3-2-4-12(7-11)8-14-9-13-10-15-5-6-16-13/h2-4,7,13-14H,5-6,8-10H2,1H3. The van der Waals surface area contributed by atoms with Gasteiger partial charge in [-0.3, -0.25) is 0 Å². The van der Waals surface area contributed by atoms with Gasteiger partial charge in [-0.25, -0.2) is 0 Å². The molecular weight excluding hydrogens is 202 g/mol. The number of aryl methyl sites for hydroxylation is 1. The fourth-order valence-corrected chi connectivity index (χ4v) is 1.85. The highest BCUT2D eigenvalue weighted by Gasteiger charge is 2.13. The molecule has 1 aliphatic rings. The van der Waals surface area contributed by atoms with Crippen LogP contribution in [0.4, 0.5) is 0 Å². The lowest BCUT2D eigenvalue weighted by Crippen LogP contribution is -2.37. The van der Waals surface area contributed by atoms with Crippen molar-refractivity contribution in [3.05, 3.63) is 35.4 Å². The Labute approximate surface area is 96.8 Å². The van der Waals surface area contributed by atoms with Crippen LogP contribution in [0.25, 0.3) is 0 Å². The van der Waals surface area contributed by atoms with E-state index in [1.807, 2.05) is 0 Å². The third-order valence-corrected chi connectivity index (χ3v) is 2.67. The number of nitrogens with one attached hydrogen (secondary N) is 1. The molecule has 0 aliphatic carbocycles. The van der Waals surface area contributed by atoms with Gasteiger partial charge in [0.05, 0.1) is 25.9 Å². The van der Waals surface area contributed by atoms with Crippen molar-refractivity contribution in [1.82, 2.24) is 5.32 Å². The van der Waals surface area contributed by atoms with Gasteiger partial charge in [0.15, 0.2) is 0 Å². The van der Waals surface area contributed by atoms with Crippen LogP contribution in [0.3, 0.4) is 0 Å². The Balaban J connectivity index is 1.71. The molecule has 1 unspecified atom stereocenters. The van der Waals surface area contributed by atoms with Crippen molar-refractivity contribution in [3.8, 4) is 0 Å². The molecule has 16 heavy (non-hydrogen) atoms. The van der Waals surface area contributed by atoms with E-state index in [4.69, 9.17) is 9.47 Å². The fourth-order valence-electron chi connectivity index (χ4n) is 1.85. The number of ether oxygens (including phenoxy) is 2. The molecule has 3 nitrogen and oxygen atoms in total. The Morgan fingerprint density at radius 3 is 3.06 bits per heavy atom. The average molecular weight is 221 g/mol. The van der Waals surface area contributed by atoms with Crippen molar-refractivity contribution in [2.75, 3.05) is 26.4 Å². The molecule has 1 aromatic carbocycles. The van der Waals surface area contributed by atoms with Gasteiger partial charge in [-0.1, -0.05) is 29.8 Å². The summed E-state index contributed by atoms with van der Waals surface area (Å²) in [5.74, 6) is 0. The SMILES string of the molecule is Cc1cccc(CNCC2COCCO2)c1. The van der Waals surface area contributed by atoms with E-state index in [0.717, 1.165) is 26.3 Å². The summed E-state index contributed by atoms with van der Waals surface area (Å²) in [7, 11) is 0. The molecule has 0 radical (unpaired) electrons. The summed E-state index contributed by atoms with van der Waals surface area (Å²) in [6.45, 7) is 6.02. The Morgan fingerprint density at radius 1 is 1.38 bits per heavy atom. The number of benzene rings is 1. The lowest BCUT2D eigenvalue weighted by molar-refractivity contribution is -0.0864. The topological polar surface area (TPSA) is 30.5 Å². The first-order chi connectivity index (χ1) is 7.84. The predicted molar refractivity (Wildman–Crippen MR) is 63.4 cm³/mol. The molecule has 1 saturated heterocycles. The Kier molecular flexibility index (Phi) is 4.34. The van der Waals surface area contributed by atoms with E-state index in [0.29, 0.717) is 6.61 Å². The maximum atomic E-state index is 5.55. The molecular formula is C13H19NO2. The predicted octanol–water partition coefficient (Wildman–Crippen LogP) is 1.50. The summed E-state index contributed by atoms with van der Waals surface area (Å²) in [4.78, 5) is 0. The van der Waals surface area contributed by atoms with Crippen molar-refractivity contribution in [3.63, 3.8) is 0 Å². The van der Waals surface area contributed by atoms with Gasteiger partial charge < -0.3 is 14.8 Å². The summed E-state index contributed by atoms with van der Waals surface area (Å²) < 4.78 is 10.9. The van der Waals surface area contributed by atoms with E-state index >= 15 is 0 Å². The second-order valence-electron chi connectivity index (χ2n) is 4.19. The van der Waals surface area contributed by atoms with E-state index in [1.165, 1.54) is 11.1 Å². The molecule has 1 atom stereocenters. The first-order valence-electron chi connectivity index (χ1n) is 5.80. The van der Waals surface area contributed by atoms with Crippen molar-refractivity contribution in [2.24, 2.45) is 0 Å². The minimum atomic E-state index is 0.207. The summed E-state index contributed by atoms with van der Waals surface area (Å²) in [6, 6.07) is 8.54. The van der Waals surface area contributed by atoms with Crippen molar-refractivity contribution < 1.29 is 9.47 Å². The van der Waals surface area contributed by atoms with Gasteiger partial charge in [0, 0.05) is 13.1 Å². The van der Waals surface area contributed by atoms with Gasteiger partial charge in [-0.05, 0) is 12.5 Å². The zero-order valence-corrected chi connectivity index (χ0v) is 9.74. The highest BCUT2D eigenvalue weighted by molar-refractivity contribution is 5.21. The summed E-state index contributed by atoms with van der Waals surface area (Å²) in [5, 5.41) is 3.39. The third kappa shape index (κ3) is 3.59. The molecule has 2 rings (SSSR count). The molecule has 1 N–H and O–H groups in total. The molecule has 0 spiro atoms. The van der Waals surface area contributed by atoms with Gasteiger partial charge in [0.1, 0.15) is 0 Å². The van der Waals surface area contributed by atoms with E-state index in [1.54, 1.807) is 0 Å². The van der Waals surface area contributed by atoms with Crippen LogP contribution < -0.4 is 5.32 Å². The largest absolute Gasteiger partial charge is 0.376 e. The third-order valence-electron chi connectivity index (χ3n) is 2.67. The molecule has 1 fully saturated rings. The molecule has 88 valence electrons. The molecule has 0 amide bonds. The first-order valence-corrected chi connectivity index (χ1v) is 5.80. The van der Waals surface area contributed by atoms with Gasteiger partial charge in [-0.15, -0.1) is 0 Å². The molecule has 1 aliphatic heterocycles. The molecule has 0 saturated carbocycles. The van der Waals surface area contributed by atoms with Crippen molar-refractivity contribution in [2.45, 2.75) is 19.6 Å². The lowest BCUT2D eigenvalue weighted by Gasteiger charge is -2.23. The second-order valence-corrected chi connectivity index (χ2v) is 4.19. The minimum Gasteiger partial charge on any atom is -0.376 e. The van der Waals surface area contributed by atoms with E-state index < -0.39 is 0 Å². The van der Waals surface area contributed by atoms with Gasteiger partial charge in [0.2, 0.25) is 0 Å². The van der Waals surface area contributed by atoms with E-state index in [2.05, 4.69) is 36.5 Å². The molecule has 3 heteroatoms. The number of hydrogen-bond acceptors (Lipinski definition) is 3. The normalized spacial score (nSPS) is 20.9. The first kappa shape index (κ1) is 11.6. The van der Waals surface area contributed by atoms with Gasteiger partial charge in [0.25, 0.3) is 0 Å². The number of rotatable bonds is 4. The van der Waals surface area contributed by atoms with Crippen LogP contribution in [0, 0.1) is 6.92 Å².